The van der Waals surface area contributed by atoms with Gasteiger partial charge in [-0.3, -0.25) is 0 Å². The van der Waals surface area contributed by atoms with Crippen LogP contribution in [0.2, 0.25) is 0 Å². The second kappa shape index (κ2) is 9.50. The maximum atomic E-state index is 10.5. The van der Waals surface area contributed by atoms with Crippen LogP contribution in [0.1, 0.15) is 90.3 Å². The zero-order valence-electron chi connectivity index (χ0n) is 16.3. The molecule has 0 bridgehead atoms. The van der Waals surface area contributed by atoms with E-state index in [2.05, 4.69) is 67.5 Å². The van der Waals surface area contributed by atoms with Gasteiger partial charge >= 0.3 is 8.25 Å². The molecule has 1 aromatic rings. The molecule has 0 radical (unpaired) electrons. The standard InChI is InChI=1S/C19H32O.HO3P/c1-12(2)11-19(7,8)15-9-16(13(3)4)18(20)17(10-15)14(5)6;1-4(2)3/h9-10,12-14,20H,11H2,1-8H3;(H-,1,2,3)/p+1. The van der Waals surface area contributed by atoms with Gasteiger partial charge in [0.15, 0.2) is 0 Å². The molecule has 4 nitrogen and oxygen atoms in total. The van der Waals surface area contributed by atoms with Crippen molar-refractivity contribution in [2.75, 3.05) is 0 Å². The highest BCUT2D eigenvalue weighted by Gasteiger charge is 2.25. The molecule has 138 valence electrons. The molecule has 0 unspecified atom stereocenters. The fraction of sp³-hybridized carbons (Fsp3) is 0.684. The predicted octanol–water partition coefficient (Wildman–Crippen LogP) is 5.59. The summed E-state index contributed by atoms with van der Waals surface area (Å²) in [5.41, 5.74) is 3.68. The average molecular weight is 357 g/mol. The highest BCUT2D eigenvalue weighted by molar-refractivity contribution is 7.30. The lowest BCUT2D eigenvalue weighted by molar-refractivity contribution is 0.396. The van der Waals surface area contributed by atoms with Gasteiger partial charge in [-0.1, -0.05) is 67.5 Å². The van der Waals surface area contributed by atoms with Crippen molar-refractivity contribution in [2.45, 2.75) is 79.1 Å². The summed E-state index contributed by atoms with van der Waals surface area (Å²) in [5, 5.41) is 10.5. The van der Waals surface area contributed by atoms with Gasteiger partial charge < -0.3 is 5.11 Å². The molecule has 0 spiro atoms. The van der Waals surface area contributed by atoms with Crippen LogP contribution in [0, 0.1) is 5.92 Å². The molecule has 0 amide bonds. The van der Waals surface area contributed by atoms with Crippen molar-refractivity contribution in [3.63, 3.8) is 0 Å². The molecular formula is C19H34O4P+. The molecule has 0 aromatic heterocycles. The van der Waals surface area contributed by atoms with Crippen molar-refractivity contribution in [1.82, 2.24) is 0 Å². The maximum absolute atomic E-state index is 10.5. The normalized spacial score (nSPS) is 11.7. The molecule has 0 aliphatic heterocycles. The van der Waals surface area contributed by atoms with Gasteiger partial charge in [0.1, 0.15) is 5.75 Å². The fourth-order valence-corrected chi connectivity index (χ4v) is 3.09. The Bertz CT molecular complexity index is 515. The van der Waals surface area contributed by atoms with E-state index >= 15 is 0 Å². The SMILES string of the molecule is CC(C)CC(C)(C)c1cc(C(C)C)c(O)c(C(C)C)c1.O=[P+](O)O. The number of phenols is 1. The van der Waals surface area contributed by atoms with E-state index in [1.807, 2.05) is 0 Å². The van der Waals surface area contributed by atoms with Gasteiger partial charge in [-0.15, -0.1) is 9.79 Å². The van der Waals surface area contributed by atoms with E-state index in [1.54, 1.807) is 0 Å². The minimum atomic E-state index is -2.87. The molecule has 0 heterocycles. The topological polar surface area (TPSA) is 77.8 Å². The lowest BCUT2D eigenvalue weighted by Gasteiger charge is -2.30. The van der Waals surface area contributed by atoms with E-state index in [-0.39, 0.29) is 5.41 Å². The Labute approximate surface area is 147 Å². The first-order valence-corrected chi connectivity index (χ1v) is 9.68. The Balaban J connectivity index is 0.00000118. The van der Waals surface area contributed by atoms with Crippen LogP contribution in [-0.4, -0.2) is 14.9 Å². The molecule has 0 atom stereocenters. The van der Waals surface area contributed by atoms with E-state index in [0.717, 1.165) is 17.5 Å². The Hall–Kier alpha value is -0.960. The van der Waals surface area contributed by atoms with Crippen molar-refractivity contribution >= 4 is 8.25 Å². The maximum Gasteiger partial charge on any atom is 0.692 e. The van der Waals surface area contributed by atoms with Gasteiger partial charge in [0.2, 0.25) is 0 Å². The zero-order valence-corrected chi connectivity index (χ0v) is 17.2. The summed E-state index contributed by atoms with van der Waals surface area (Å²) in [4.78, 5) is 14.2. The average Bonchev–Trinajstić information content (AvgIpc) is 2.35. The van der Waals surface area contributed by atoms with Crippen LogP contribution in [0.5, 0.6) is 5.75 Å². The van der Waals surface area contributed by atoms with Crippen molar-refractivity contribution in [2.24, 2.45) is 5.92 Å². The number of rotatable bonds is 5. The summed E-state index contributed by atoms with van der Waals surface area (Å²) < 4.78 is 8.70. The summed E-state index contributed by atoms with van der Waals surface area (Å²) in [6.07, 6.45) is 1.16. The fourth-order valence-electron chi connectivity index (χ4n) is 3.09. The van der Waals surface area contributed by atoms with E-state index in [4.69, 9.17) is 14.4 Å². The highest BCUT2D eigenvalue weighted by atomic mass is 31.1. The predicted molar refractivity (Wildman–Crippen MR) is 101 cm³/mol. The van der Waals surface area contributed by atoms with E-state index < -0.39 is 8.25 Å². The third-order valence-corrected chi connectivity index (χ3v) is 4.11. The summed E-state index contributed by atoms with van der Waals surface area (Å²) in [6.45, 7) is 17.8. The molecule has 0 aliphatic carbocycles. The summed E-state index contributed by atoms with van der Waals surface area (Å²) in [5.74, 6) is 1.87. The first-order chi connectivity index (χ1) is 10.8. The molecule has 3 N–H and O–H groups in total. The monoisotopic (exact) mass is 357 g/mol. The third kappa shape index (κ3) is 7.29. The molecule has 0 aliphatic rings. The number of hydrogen-bond acceptors (Lipinski definition) is 2. The van der Waals surface area contributed by atoms with Crippen LogP contribution in [0.25, 0.3) is 0 Å². The number of phenolic OH excluding ortho intramolecular Hbond substituents is 1. The van der Waals surface area contributed by atoms with Gasteiger partial charge in [-0.25, -0.2) is 0 Å². The largest absolute Gasteiger partial charge is 0.692 e. The molecule has 24 heavy (non-hydrogen) atoms. The zero-order chi connectivity index (χ0) is 19.2. The minimum Gasteiger partial charge on any atom is -0.507 e. The quantitative estimate of drug-likeness (QED) is 0.600. The highest BCUT2D eigenvalue weighted by Crippen LogP contribution is 2.39. The number of hydrogen-bond donors (Lipinski definition) is 3. The smallest absolute Gasteiger partial charge is 0.507 e. The Morgan fingerprint density at radius 2 is 1.29 bits per heavy atom. The summed E-state index contributed by atoms with van der Waals surface area (Å²) in [7, 11) is -2.87. The molecule has 0 fully saturated rings. The summed E-state index contributed by atoms with van der Waals surface area (Å²) >= 11 is 0. The van der Waals surface area contributed by atoms with Crippen LogP contribution >= 0.6 is 8.25 Å². The molecule has 5 heteroatoms. The van der Waals surface area contributed by atoms with Crippen LogP contribution in [-0.2, 0) is 9.98 Å². The Kier molecular flexibility index (Phi) is 9.12. The lowest BCUT2D eigenvalue weighted by atomic mass is 9.75. The number of aromatic hydroxyl groups is 1. The van der Waals surface area contributed by atoms with Gasteiger partial charge in [-0.2, -0.15) is 0 Å². The molecular weight excluding hydrogens is 323 g/mol. The lowest BCUT2D eigenvalue weighted by Crippen LogP contribution is -2.20. The second-order valence-corrected chi connectivity index (χ2v) is 8.55. The summed E-state index contributed by atoms with van der Waals surface area (Å²) in [6, 6.07) is 4.43. The van der Waals surface area contributed by atoms with Crippen LogP contribution in [0.15, 0.2) is 12.1 Å². The molecule has 1 aromatic carbocycles. The van der Waals surface area contributed by atoms with E-state index in [1.165, 1.54) is 5.56 Å². The second-order valence-electron chi connectivity index (χ2n) is 8.05. The van der Waals surface area contributed by atoms with Crippen LogP contribution in [0.4, 0.5) is 0 Å². The third-order valence-electron chi connectivity index (χ3n) is 4.11. The Morgan fingerprint density at radius 1 is 0.958 bits per heavy atom. The van der Waals surface area contributed by atoms with E-state index in [9.17, 15) is 5.11 Å². The molecule has 0 saturated heterocycles. The number of benzene rings is 1. The molecule has 0 saturated carbocycles. The van der Waals surface area contributed by atoms with Gasteiger partial charge in [0, 0.05) is 4.57 Å². The Morgan fingerprint density at radius 3 is 1.54 bits per heavy atom. The van der Waals surface area contributed by atoms with Crippen molar-refractivity contribution in [3.05, 3.63) is 28.8 Å². The first-order valence-electron chi connectivity index (χ1n) is 8.51. The first kappa shape index (κ1) is 23.0. The van der Waals surface area contributed by atoms with Crippen LogP contribution < -0.4 is 0 Å². The van der Waals surface area contributed by atoms with Gasteiger partial charge in [0.25, 0.3) is 0 Å². The van der Waals surface area contributed by atoms with E-state index in [0.29, 0.717) is 23.5 Å². The van der Waals surface area contributed by atoms with Crippen LogP contribution in [0.3, 0.4) is 0 Å². The van der Waals surface area contributed by atoms with Crippen molar-refractivity contribution < 1.29 is 19.5 Å². The minimum absolute atomic E-state index is 0.148. The van der Waals surface area contributed by atoms with Gasteiger partial charge in [-0.05, 0) is 46.3 Å². The van der Waals surface area contributed by atoms with Crippen molar-refractivity contribution in [1.29, 1.82) is 0 Å². The van der Waals surface area contributed by atoms with Crippen molar-refractivity contribution in [3.8, 4) is 5.75 Å². The van der Waals surface area contributed by atoms with Gasteiger partial charge in [0.05, 0.1) is 0 Å². The molecule has 1 rings (SSSR count).